The molecule has 16 nitrogen and oxygen atoms in total. The summed E-state index contributed by atoms with van der Waals surface area (Å²) in [6.07, 6.45) is -24.9. The molecule has 0 spiro atoms. The van der Waals surface area contributed by atoms with E-state index in [1.807, 2.05) is 0 Å². The van der Waals surface area contributed by atoms with Gasteiger partial charge in [-0.2, -0.15) is 0 Å². The van der Waals surface area contributed by atoms with Crippen LogP contribution >= 0.6 is 0 Å². The SMILES string of the molecule is OC[C@H]1O[C@@H](OC[C@H]2O[C@@H](O[C@H]3[C@H](O)[C@H](O)C(O)O[C@@H]3CO)[C@@H](O)[C@@H](O)[C@@H]2O)[C@H](O)[C@@H](O)[C@@H]1O. The highest BCUT2D eigenvalue weighted by atomic mass is 16.7. The second-order valence-electron chi connectivity index (χ2n) is 8.37. The Kier molecular flexibility index (Phi) is 9.54. The Hall–Kier alpha value is -0.640. The minimum Gasteiger partial charge on any atom is -0.394 e. The van der Waals surface area contributed by atoms with Crippen molar-refractivity contribution in [2.75, 3.05) is 19.8 Å². The van der Waals surface area contributed by atoms with Crippen LogP contribution in [0, 0.1) is 0 Å². The summed E-state index contributed by atoms with van der Waals surface area (Å²) in [7, 11) is 0. The quantitative estimate of drug-likeness (QED) is 0.154. The predicted octanol–water partition coefficient (Wildman–Crippen LogP) is -7.57. The lowest BCUT2D eigenvalue weighted by Gasteiger charge is -2.45. The van der Waals surface area contributed by atoms with Crippen molar-refractivity contribution in [2.24, 2.45) is 0 Å². The summed E-state index contributed by atoms with van der Waals surface area (Å²) in [4.78, 5) is 0. The first kappa shape index (κ1) is 27.9. The van der Waals surface area contributed by atoms with Gasteiger partial charge >= 0.3 is 0 Å². The second-order valence-corrected chi connectivity index (χ2v) is 8.37. The van der Waals surface area contributed by atoms with Gasteiger partial charge in [0.15, 0.2) is 18.9 Å². The lowest BCUT2D eigenvalue weighted by molar-refractivity contribution is -0.362. The molecule has 1 unspecified atom stereocenters. The van der Waals surface area contributed by atoms with Gasteiger partial charge in [0.25, 0.3) is 0 Å². The van der Waals surface area contributed by atoms with Crippen molar-refractivity contribution < 1.29 is 79.9 Å². The molecule has 3 fully saturated rings. The highest BCUT2D eigenvalue weighted by Crippen LogP contribution is 2.29. The fourth-order valence-corrected chi connectivity index (χ4v) is 3.95. The van der Waals surface area contributed by atoms with Crippen molar-refractivity contribution in [1.82, 2.24) is 0 Å². The van der Waals surface area contributed by atoms with Gasteiger partial charge in [-0.15, -0.1) is 0 Å². The summed E-state index contributed by atoms with van der Waals surface area (Å²) in [5.41, 5.74) is 0. The number of rotatable bonds is 7. The average molecular weight is 504 g/mol. The molecule has 3 rings (SSSR count). The summed E-state index contributed by atoms with van der Waals surface area (Å²) < 4.78 is 26.3. The van der Waals surface area contributed by atoms with Crippen LogP contribution in [-0.4, -0.2) is 168 Å². The van der Waals surface area contributed by atoms with Crippen LogP contribution in [0.15, 0.2) is 0 Å². The standard InChI is InChI=1S/C18H32O16/c19-1-4-7(21)9(23)13(27)17(32-4)30-3-6-8(22)10(24)14(28)18(33-6)34-15-5(2-20)31-16(29)12(26)11(15)25/h4-29H,1-3H2/t4-,5-,6-,7-,8-,9+,10+,11-,12+,13-,14+,15-,16?,17-,18+/m1/s1. The van der Waals surface area contributed by atoms with Gasteiger partial charge in [0.1, 0.15) is 73.2 Å². The molecule has 0 aromatic rings. The molecule has 15 atom stereocenters. The minimum absolute atomic E-state index is 0.609. The van der Waals surface area contributed by atoms with Crippen molar-refractivity contribution in [3.05, 3.63) is 0 Å². The lowest BCUT2D eigenvalue weighted by Crippen LogP contribution is -2.65. The highest BCUT2D eigenvalue weighted by molar-refractivity contribution is 4.94. The molecule has 200 valence electrons. The summed E-state index contributed by atoms with van der Waals surface area (Å²) in [6, 6.07) is 0. The van der Waals surface area contributed by atoms with Crippen molar-refractivity contribution in [3.8, 4) is 0 Å². The highest BCUT2D eigenvalue weighted by Gasteiger charge is 2.51. The second kappa shape index (κ2) is 11.6. The third-order valence-corrected chi connectivity index (χ3v) is 6.07. The van der Waals surface area contributed by atoms with E-state index in [2.05, 4.69) is 0 Å². The van der Waals surface area contributed by atoms with Gasteiger partial charge in [0.2, 0.25) is 0 Å². The Labute approximate surface area is 192 Å². The molecule has 3 heterocycles. The van der Waals surface area contributed by atoms with E-state index in [0.29, 0.717) is 0 Å². The number of ether oxygens (including phenoxy) is 5. The van der Waals surface area contributed by atoms with Crippen LogP contribution < -0.4 is 0 Å². The van der Waals surface area contributed by atoms with Crippen LogP contribution in [0.4, 0.5) is 0 Å². The Balaban J connectivity index is 1.66. The molecule has 0 aliphatic carbocycles. The van der Waals surface area contributed by atoms with E-state index in [9.17, 15) is 56.2 Å². The summed E-state index contributed by atoms with van der Waals surface area (Å²) >= 11 is 0. The van der Waals surface area contributed by atoms with Crippen LogP contribution in [0.25, 0.3) is 0 Å². The summed E-state index contributed by atoms with van der Waals surface area (Å²) in [6.45, 7) is -2.07. The third kappa shape index (κ3) is 5.52. The van der Waals surface area contributed by atoms with Crippen LogP contribution in [0.2, 0.25) is 0 Å². The molecule has 0 bridgehead atoms. The maximum absolute atomic E-state index is 10.3. The smallest absolute Gasteiger partial charge is 0.187 e. The maximum atomic E-state index is 10.3. The summed E-state index contributed by atoms with van der Waals surface area (Å²) in [5, 5.41) is 109. The number of aliphatic hydroxyl groups is 11. The molecule has 0 aromatic carbocycles. The van der Waals surface area contributed by atoms with E-state index < -0.39 is 112 Å². The van der Waals surface area contributed by atoms with Gasteiger partial charge in [0.05, 0.1) is 19.8 Å². The molecule has 3 aliphatic heterocycles. The van der Waals surface area contributed by atoms with E-state index in [0.717, 1.165) is 0 Å². The Bertz CT molecular complexity index is 637. The molecule has 3 aliphatic rings. The topological polar surface area (TPSA) is 269 Å². The number of aliphatic hydroxyl groups excluding tert-OH is 11. The normalized spacial score (nSPS) is 52.5. The van der Waals surface area contributed by atoms with Crippen LogP contribution in [0.3, 0.4) is 0 Å². The van der Waals surface area contributed by atoms with Crippen LogP contribution in [-0.2, 0) is 23.7 Å². The first-order chi connectivity index (χ1) is 16.0. The lowest BCUT2D eigenvalue weighted by atomic mass is 9.97. The van der Waals surface area contributed by atoms with Gasteiger partial charge < -0.3 is 79.9 Å². The molecular formula is C18H32O16. The molecule has 34 heavy (non-hydrogen) atoms. The van der Waals surface area contributed by atoms with Crippen LogP contribution in [0.1, 0.15) is 0 Å². The van der Waals surface area contributed by atoms with Crippen LogP contribution in [0.5, 0.6) is 0 Å². The predicted molar refractivity (Wildman–Crippen MR) is 101 cm³/mol. The first-order valence-corrected chi connectivity index (χ1v) is 10.6. The van der Waals surface area contributed by atoms with Crippen molar-refractivity contribution in [3.63, 3.8) is 0 Å². The monoisotopic (exact) mass is 504 g/mol. The minimum atomic E-state index is -1.87. The Morgan fingerprint density at radius 3 is 1.62 bits per heavy atom. The van der Waals surface area contributed by atoms with Gasteiger partial charge in [-0.1, -0.05) is 0 Å². The van der Waals surface area contributed by atoms with E-state index in [-0.39, 0.29) is 0 Å². The van der Waals surface area contributed by atoms with Crippen molar-refractivity contribution in [1.29, 1.82) is 0 Å². The fourth-order valence-electron chi connectivity index (χ4n) is 3.95. The zero-order valence-electron chi connectivity index (χ0n) is 17.7. The first-order valence-electron chi connectivity index (χ1n) is 10.6. The zero-order chi connectivity index (χ0) is 25.3. The molecular weight excluding hydrogens is 472 g/mol. The van der Waals surface area contributed by atoms with Gasteiger partial charge in [0, 0.05) is 0 Å². The van der Waals surface area contributed by atoms with Crippen molar-refractivity contribution in [2.45, 2.75) is 92.1 Å². The molecule has 0 aromatic heterocycles. The fraction of sp³-hybridized carbons (Fsp3) is 1.00. The molecule has 16 heteroatoms. The van der Waals surface area contributed by atoms with E-state index in [1.165, 1.54) is 0 Å². The van der Waals surface area contributed by atoms with Gasteiger partial charge in [-0.3, -0.25) is 0 Å². The molecule has 11 N–H and O–H groups in total. The van der Waals surface area contributed by atoms with E-state index in [1.54, 1.807) is 0 Å². The number of hydrogen-bond acceptors (Lipinski definition) is 16. The largest absolute Gasteiger partial charge is 0.394 e. The maximum Gasteiger partial charge on any atom is 0.187 e. The van der Waals surface area contributed by atoms with Gasteiger partial charge in [-0.25, -0.2) is 0 Å². The van der Waals surface area contributed by atoms with E-state index in [4.69, 9.17) is 23.7 Å². The van der Waals surface area contributed by atoms with E-state index >= 15 is 0 Å². The van der Waals surface area contributed by atoms with Gasteiger partial charge in [-0.05, 0) is 0 Å². The number of hydrogen-bond donors (Lipinski definition) is 11. The Morgan fingerprint density at radius 1 is 0.500 bits per heavy atom. The molecule has 0 amide bonds. The average Bonchev–Trinajstić information content (AvgIpc) is 2.82. The third-order valence-electron chi connectivity index (χ3n) is 6.07. The summed E-state index contributed by atoms with van der Waals surface area (Å²) in [5.74, 6) is 0. The Morgan fingerprint density at radius 2 is 1.03 bits per heavy atom. The molecule has 3 saturated heterocycles. The molecule has 0 saturated carbocycles. The van der Waals surface area contributed by atoms with Crippen molar-refractivity contribution >= 4 is 0 Å². The molecule has 0 radical (unpaired) electrons. The zero-order valence-corrected chi connectivity index (χ0v) is 17.7.